The van der Waals surface area contributed by atoms with Crippen molar-refractivity contribution in [3.05, 3.63) is 91.1 Å². The molecule has 31 heavy (non-hydrogen) atoms. The molecule has 0 aliphatic rings. The quantitative estimate of drug-likeness (QED) is 0.422. The third kappa shape index (κ3) is 3.51. The van der Waals surface area contributed by atoms with Crippen molar-refractivity contribution in [2.75, 3.05) is 6.26 Å². The summed E-state index contributed by atoms with van der Waals surface area (Å²) in [6.45, 7) is 0. The Kier molecular flexibility index (Phi) is 4.44. The fraction of sp³-hybridized carbons (Fsp3) is 0.0435. The van der Waals surface area contributed by atoms with Gasteiger partial charge in [-0.2, -0.15) is 5.10 Å². The van der Waals surface area contributed by atoms with Gasteiger partial charge in [0, 0.05) is 23.6 Å². The van der Waals surface area contributed by atoms with E-state index in [2.05, 4.69) is 10.1 Å². The molecule has 0 unspecified atom stereocenters. The van der Waals surface area contributed by atoms with Crippen LogP contribution in [0.1, 0.15) is 0 Å². The molecule has 2 aromatic carbocycles. The molecule has 0 saturated carbocycles. The maximum absolute atomic E-state index is 13.3. The lowest BCUT2D eigenvalue weighted by Crippen LogP contribution is -2.00. The third-order valence-electron chi connectivity index (χ3n) is 5.09. The van der Waals surface area contributed by atoms with Gasteiger partial charge in [-0.25, -0.2) is 22.5 Å². The van der Waals surface area contributed by atoms with Crippen molar-refractivity contribution in [1.29, 1.82) is 0 Å². The van der Waals surface area contributed by atoms with Crippen LogP contribution in [0.25, 0.3) is 33.8 Å². The highest BCUT2D eigenvalue weighted by Crippen LogP contribution is 2.27. The summed E-state index contributed by atoms with van der Waals surface area (Å²) in [5.74, 6) is -0.302. The van der Waals surface area contributed by atoms with Crippen molar-refractivity contribution in [3.8, 4) is 28.2 Å². The van der Waals surface area contributed by atoms with Crippen LogP contribution < -0.4 is 0 Å². The Morgan fingerprint density at radius 3 is 2.26 bits per heavy atom. The molecular weight excluding hydrogens is 415 g/mol. The average Bonchev–Trinajstić information content (AvgIpc) is 3.40. The van der Waals surface area contributed by atoms with Gasteiger partial charge in [-0.05, 0) is 54.6 Å². The van der Waals surface area contributed by atoms with Gasteiger partial charge in [0.1, 0.15) is 11.5 Å². The first kappa shape index (κ1) is 19.2. The first-order valence-electron chi connectivity index (χ1n) is 9.48. The lowest BCUT2D eigenvalue weighted by atomic mass is 10.1. The molecule has 3 heterocycles. The monoisotopic (exact) mass is 432 g/mol. The lowest BCUT2D eigenvalue weighted by Gasteiger charge is -2.09. The molecule has 0 aliphatic heterocycles. The van der Waals surface area contributed by atoms with Crippen molar-refractivity contribution >= 4 is 15.5 Å². The summed E-state index contributed by atoms with van der Waals surface area (Å²) in [5.41, 5.74) is 4.96. The van der Waals surface area contributed by atoms with Gasteiger partial charge < -0.3 is 0 Å². The van der Waals surface area contributed by atoms with Crippen LogP contribution in [-0.2, 0) is 9.84 Å². The number of hydrogen-bond donors (Lipinski definition) is 0. The molecule has 0 fully saturated rings. The van der Waals surface area contributed by atoms with Gasteiger partial charge in [-0.15, -0.1) is 0 Å². The van der Waals surface area contributed by atoms with Crippen LogP contribution in [0.3, 0.4) is 0 Å². The SMILES string of the molecule is CS(=O)(=O)c1ccc(-c2cnc3ccc(-c4ccnn4-c4ccc(F)cc4)cn23)cc1. The van der Waals surface area contributed by atoms with E-state index < -0.39 is 9.84 Å². The van der Waals surface area contributed by atoms with Crippen LogP contribution in [0, 0.1) is 5.82 Å². The standard InChI is InChI=1S/C23H17FN4O2S/c1-31(29,30)20-9-2-16(3-10-20)22-14-25-23-11-4-17(15-27(22)23)21-12-13-26-28(21)19-7-5-18(24)6-8-19/h2-15H,1H3. The molecule has 0 N–H and O–H groups in total. The molecule has 0 bridgehead atoms. The number of sulfone groups is 1. The van der Waals surface area contributed by atoms with Gasteiger partial charge in [0.05, 0.1) is 34.4 Å². The number of benzene rings is 2. The number of hydrogen-bond acceptors (Lipinski definition) is 4. The number of halogens is 1. The summed E-state index contributed by atoms with van der Waals surface area (Å²) < 4.78 is 40.5. The van der Waals surface area contributed by atoms with Crippen LogP contribution in [0.2, 0.25) is 0 Å². The predicted octanol–water partition coefficient (Wildman–Crippen LogP) is 4.40. The van der Waals surface area contributed by atoms with Gasteiger partial charge in [-0.1, -0.05) is 12.1 Å². The van der Waals surface area contributed by atoms with Gasteiger partial charge in [0.25, 0.3) is 0 Å². The first-order valence-corrected chi connectivity index (χ1v) is 11.4. The molecule has 6 nitrogen and oxygen atoms in total. The highest BCUT2D eigenvalue weighted by atomic mass is 32.2. The molecule has 0 radical (unpaired) electrons. The van der Waals surface area contributed by atoms with E-state index in [0.717, 1.165) is 33.8 Å². The maximum Gasteiger partial charge on any atom is 0.175 e. The van der Waals surface area contributed by atoms with Crippen molar-refractivity contribution < 1.29 is 12.8 Å². The third-order valence-corrected chi connectivity index (χ3v) is 6.22. The Balaban J connectivity index is 1.60. The maximum atomic E-state index is 13.3. The van der Waals surface area contributed by atoms with Crippen LogP contribution in [0.15, 0.2) is 90.2 Å². The highest BCUT2D eigenvalue weighted by molar-refractivity contribution is 7.90. The Labute approximate surface area is 178 Å². The largest absolute Gasteiger partial charge is 0.299 e. The minimum Gasteiger partial charge on any atom is -0.299 e. The second kappa shape index (κ2) is 7.17. The van der Waals surface area contributed by atoms with E-state index in [4.69, 9.17) is 0 Å². The number of fused-ring (bicyclic) bond motifs is 1. The summed E-state index contributed by atoms with van der Waals surface area (Å²) in [6, 6.07) is 18.6. The molecule has 0 atom stereocenters. The molecular formula is C23H17FN4O2S. The van der Waals surface area contributed by atoms with Crippen LogP contribution >= 0.6 is 0 Å². The summed E-state index contributed by atoms with van der Waals surface area (Å²) in [4.78, 5) is 4.73. The predicted molar refractivity (Wildman–Crippen MR) is 116 cm³/mol. The minimum atomic E-state index is -3.26. The summed E-state index contributed by atoms with van der Waals surface area (Å²) in [7, 11) is -3.26. The van der Waals surface area contributed by atoms with Gasteiger partial charge in [-0.3, -0.25) is 4.40 Å². The van der Waals surface area contributed by atoms with Crippen molar-refractivity contribution in [2.45, 2.75) is 4.90 Å². The van der Waals surface area contributed by atoms with E-state index >= 15 is 0 Å². The number of imidazole rings is 1. The van der Waals surface area contributed by atoms with Crippen molar-refractivity contribution in [3.63, 3.8) is 0 Å². The normalized spacial score (nSPS) is 11.8. The minimum absolute atomic E-state index is 0.272. The number of nitrogens with zero attached hydrogens (tertiary/aromatic N) is 4. The zero-order chi connectivity index (χ0) is 21.6. The molecule has 0 spiro atoms. The summed E-state index contributed by atoms with van der Waals surface area (Å²) in [6.07, 6.45) is 6.60. The average molecular weight is 432 g/mol. The molecule has 3 aromatic heterocycles. The number of rotatable bonds is 4. The molecule has 154 valence electrons. The molecule has 8 heteroatoms. The molecule has 0 saturated heterocycles. The van der Waals surface area contributed by atoms with Gasteiger partial charge >= 0.3 is 0 Å². The first-order chi connectivity index (χ1) is 14.9. The molecule has 0 aliphatic carbocycles. The second-order valence-electron chi connectivity index (χ2n) is 7.19. The van der Waals surface area contributed by atoms with Crippen LogP contribution in [0.5, 0.6) is 0 Å². The Bertz CT molecular complexity index is 1500. The smallest absolute Gasteiger partial charge is 0.175 e. The molecule has 0 amide bonds. The molecule has 5 aromatic rings. The van der Waals surface area contributed by atoms with Crippen LogP contribution in [-0.4, -0.2) is 33.8 Å². The van der Waals surface area contributed by atoms with Crippen molar-refractivity contribution in [2.24, 2.45) is 0 Å². The van der Waals surface area contributed by atoms with Crippen molar-refractivity contribution in [1.82, 2.24) is 19.2 Å². The number of pyridine rings is 1. The highest BCUT2D eigenvalue weighted by Gasteiger charge is 2.13. The Morgan fingerprint density at radius 1 is 0.839 bits per heavy atom. The van der Waals surface area contributed by atoms with Gasteiger partial charge in [0.15, 0.2) is 9.84 Å². The van der Waals surface area contributed by atoms with E-state index in [1.165, 1.54) is 18.4 Å². The van der Waals surface area contributed by atoms with E-state index in [9.17, 15) is 12.8 Å². The fourth-order valence-electron chi connectivity index (χ4n) is 3.53. The Morgan fingerprint density at radius 2 is 1.55 bits per heavy atom. The Hall–Kier alpha value is -3.78. The second-order valence-corrected chi connectivity index (χ2v) is 9.21. The number of aromatic nitrogens is 4. The fourth-order valence-corrected chi connectivity index (χ4v) is 4.16. The van der Waals surface area contributed by atoms with E-state index in [1.807, 2.05) is 28.8 Å². The zero-order valence-electron chi connectivity index (χ0n) is 16.5. The van der Waals surface area contributed by atoms with E-state index in [1.54, 1.807) is 53.5 Å². The topological polar surface area (TPSA) is 69.3 Å². The lowest BCUT2D eigenvalue weighted by molar-refractivity contribution is 0.602. The summed E-state index contributed by atoms with van der Waals surface area (Å²) in [5, 5.41) is 4.39. The summed E-state index contributed by atoms with van der Waals surface area (Å²) >= 11 is 0. The van der Waals surface area contributed by atoms with E-state index in [-0.39, 0.29) is 10.7 Å². The van der Waals surface area contributed by atoms with E-state index in [0.29, 0.717) is 0 Å². The van der Waals surface area contributed by atoms with Crippen LogP contribution in [0.4, 0.5) is 4.39 Å². The molecule has 5 rings (SSSR count). The zero-order valence-corrected chi connectivity index (χ0v) is 17.3. The van der Waals surface area contributed by atoms with Gasteiger partial charge in [0.2, 0.25) is 0 Å².